The van der Waals surface area contributed by atoms with Crippen LogP contribution in [0.2, 0.25) is 0 Å². The van der Waals surface area contributed by atoms with Gasteiger partial charge in [-0.1, -0.05) is 13.3 Å². The summed E-state index contributed by atoms with van der Waals surface area (Å²) in [7, 11) is 0. The second-order valence-corrected chi connectivity index (χ2v) is 6.08. The zero-order valence-electron chi connectivity index (χ0n) is 11.0. The Bertz CT molecular complexity index is 177. The lowest BCUT2D eigenvalue weighted by Gasteiger charge is -2.14. The molecule has 0 radical (unpaired) electrons. The van der Waals surface area contributed by atoms with Crippen molar-refractivity contribution in [3.63, 3.8) is 0 Å². The molecule has 2 nitrogen and oxygen atoms in total. The number of hydrogen-bond donors (Lipinski definition) is 1. The largest absolute Gasteiger partial charge is 0.377 e. The van der Waals surface area contributed by atoms with Gasteiger partial charge in [-0.05, 0) is 45.4 Å². The molecule has 3 heteroatoms. The molecule has 1 saturated heterocycles. The highest BCUT2D eigenvalue weighted by Gasteiger charge is 2.23. The molecule has 3 unspecified atom stereocenters. The summed E-state index contributed by atoms with van der Waals surface area (Å²) < 4.78 is 5.56. The summed E-state index contributed by atoms with van der Waals surface area (Å²) in [5, 5.41) is 4.21. The molecule has 1 aliphatic heterocycles. The molecule has 1 fully saturated rings. The molecule has 0 spiro atoms. The van der Waals surface area contributed by atoms with E-state index in [1.54, 1.807) is 0 Å². The quantitative estimate of drug-likeness (QED) is 0.664. The predicted octanol–water partition coefficient (Wildman–Crippen LogP) is 3.07. The van der Waals surface area contributed by atoms with Crippen LogP contribution < -0.4 is 5.32 Å². The van der Waals surface area contributed by atoms with Crippen LogP contribution in [-0.2, 0) is 4.74 Å². The van der Waals surface area contributed by atoms with Crippen molar-refractivity contribution in [3.05, 3.63) is 0 Å². The van der Waals surface area contributed by atoms with Gasteiger partial charge in [-0.15, -0.1) is 0 Å². The summed E-state index contributed by atoms with van der Waals surface area (Å²) in [6.45, 7) is 8.72. The number of ether oxygens (including phenoxy) is 1. The van der Waals surface area contributed by atoms with Gasteiger partial charge in [0, 0.05) is 17.9 Å². The summed E-state index contributed by atoms with van der Waals surface area (Å²) in [6, 6.07) is 0.684. The molecular formula is C13H27NOS. The van der Waals surface area contributed by atoms with Crippen LogP contribution in [-0.4, -0.2) is 36.3 Å². The van der Waals surface area contributed by atoms with Crippen molar-refractivity contribution < 1.29 is 4.74 Å². The Morgan fingerprint density at radius 2 is 2.25 bits per heavy atom. The van der Waals surface area contributed by atoms with E-state index in [4.69, 9.17) is 4.74 Å². The zero-order chi connectivity index (χ0) is 11.8. The number of unbranched alkanes of at least 4 members (excludes halogenated alkanes) is 1. The first kappa shape index (κ1) is 14.3. The molecule has 0 saturated carbocycles. The Morgan fingerprint density at radius 3 is 2.88 bits per heavy atom. The molecule has 0 aromatic heterocycles. The van der Waals surface area contributed by atoms with Crippen LogP contribution in [0.4, 0.5) is 0 Å². The van der Waals surface area contributed by atoms with Gasteiger partial charge in [0.05, 0.1) is 6.10 Å². The summed E-state index contributed by atoms with van der Waals surface area (Å²) in [6.07, 6.45) is 5.74. The minimum absolute atomic E-state index is 0.477. The van der Waals surface area contributed by atoms with E-state index in [1.165, 1.54) is 31.4 Å². The normalized spacial score (nSPS) is 27.2. The van der Waals surface area contributed by atoms with Gasteiger partial charge in [0.1, 0.15) is 0 Å². The van der Waals surface area contributed by atoms with Gasteiger partial charge in [0.25, 0.3) is 0 Å². The second kappa shape index (κ2) is 8.37. The number of thioether (sulfide) groups is 1. The first-order valence-corrected chi connectivity index (χ1v) is 7.75. The van der Waals surface area contributed by atoms with Gasteiger partial charge >= 0.3 is 0 Å². The van der Waals surface area contributed by atoms with Crippen LogP contribution in [0.5, 0.6) is 0 Å². The molecule has 96 valence electrons. The standard InChI is InChI=1S/C13H27NOS/c1-4-14-11(2)7-5-6-10-16-13-8-9-15-12(13)3/h11-14H,4-10H2,1-3H3. The van der Waals surface area contributed by atoms with Crippen molar-refractivity contribution in [2.45, 2.75) is 63.9 Å². The van der Waals surface area contributed by atoms with Gasteiger partial charge in [0.2, 0.25) is 0 Å². The number of nitrogens with one attached hydrogen (secondary N) is 1. The van der Waals surface area contributed by atoms with Gasteiger partial charge in [-0.3, -0.25) is 0 Å². The van der Waals surface area contributed by atoms with Crippen molar-refractivity contribution in [3.8, 4) is 0 Å². The highest BCUT2D eigenvalue weighted by atomic mass is 32.2. The molecule has 0 amide bonds. The van der Waals surface area contributed by atoms with Crippen molar-refractivity contribution in [2.24, 2.45) is 0 Å². The monoisotopic (exact) mass is 245 g/mol. The molecular weight excluding hydrogens is 218 g/mol. The fourth-order valence-electron chi connectivity index (χ4n) is 2.17. The molecule has 0 bridgehead atoms. The third-order valence-electron chi connectivity index (χ3n) is 3.22. The lowest BCUT2D eigenvalue weighted by atomic mass is 10.1. The molecule has 0 aromatic carbocycles. The average molecular weight is 245 g/mol. The molecule has 0 aliphatic carbocycles. The van der Waals surface area contributed by atoms with Crippen LogP contribution >= 0.6 is 11.8 Å². The lowest BCUT2D eigenvalue weighted by molar-refractivity contribution is 0.127. The first-order valence-electron chi connectivity index (χ1n) is 6.70. The third kappa shape index (κ3) is 5.55. The van der Waals surface area contributed by atoms with Crippen LogP contribution in [0.15, 0.2) is 0 Å². The van der Waals surface area contributed by atoms with Crippen molar-refractivity contribution in [2.75, 3.05) is 18.9 Å². The van der Waals surface area contributed by atoms with Crippen LogP contribution in [0.25, 0.3) is 0 Å². The van der Waals surface area contributed by atoms with E-state index in [2.05, 4.69) is 37.8 Å². The summed E-state index contributed by atoms with van der Waals surface area (Å²) in [5.74, 6) is 1.30. The molecule has 16 heavy (non-hydrogen) atoms. The third-order valence-corrected chi connectivity index (χ3v) is 4.79. The fourth-order valence-corrected chi connectivity index (χ4v) is 3.45. The number of rotatable bonds is 8. The highest BCUT2D eigenvalue weighted by Crippen LogP contribution is 2.27. The summed E-state index contributed by atoms with van der Waals surface area (Å²) >= 11 is 2.11. The van der Waals surface area contributed by atoms with Gasteiger partial charge in [0.15, 0.2) is 0 Å². The van der Waals surface area contributed by atoms with E-state index < -0.39 is 0 Å². The first-order chi connectivity index (χ1) is 7.74. The lowest BCUT2D eigenvalue weighted by Crippen LogP contribution is -2.25. The van der Waals surface area contributed by atoms with E-state index in [0.29, 0.717) is 12.1 Å². The maximum absolute atomic E-state index is 5.56. The van der Waals surface area contributed by atoms with Gasteiger partial charge < -0.3 is 10.1 Å². The van der Waals surface area contributed by atoms with Crippen LogP contribution in [0.3, 0.4) is 0 Å². The fraction of sp³-hybridized carbons (Fsp3) is 1.00. The van der Waals surface area contributed by atoms with Gasteiger partial charge in [-0.25, -0.2) is 0 Å². The van der Waals surface area contributed by atoms with Crippen molar-refractivity contribution in [1.29, 1.82) is 0 Å². The topological polar surface area (TPSA) is 21.3 Å². The molecule has 1 rings (SSSR count). The molecule has 1 N–H and O–H groups in total. The van der Waals surface area contributed by atoms with Crippen LogP contribution in [0.1, 0.15) is 46.5 Å². The SMILES string of the molecule is CCNC(C)CCCCSC1CCOC1C. The van der Waals surface area contributed by atoms with Gasteiger partial charge in [-0.2, -0.15) is 11.8 Å². The second-order valence-electron chi connectivity index (χ2n) is 4.73. The Balaban J connectivity index is 1.91. The van der Waals surface area contributed by atoms with E-state index >= 15 is 0 Å². The zero-order valence-corrected chi connectivity index (χ0v) is 11.8. The summed E-state index contributed by atoms with van der Waals surface area (Å²) in [4.78, 5) is 0. The Kier molecular flexibility index (Phi) is 7.50. The van der Waals surface area contributed by atoms with Crippen molar-refractivity contribution >= 4 is 11.8 Å². The molecule has 1 aliphatic rings. The van der Waals surface area contributed by atoms with Crippen LogP contribution in [0, 0.1) is 0 Å². The Labute approximate surface area is 105 Å². The minimum Gasteiger partial charge on any atom is -0.377 e. The summed E-state index contributed by atoms with van der Waals surface area (Å²) in [5.41, 5.74) is 0. The molecule has 1 heterocycles. The maximum atomic E-state index is 5.56. The Morgan fingerprint density at radius 1 is 1.44 bits per heavy atom. The number of hydrogen-bond acceptors (Lipinski definition) is 3. The van der Waals surface area contributed by atoms with E-state index in [9.17, 15) is 0 Å². The van der Waals surface area contributed by atoms with E-state index in [-0.39, 0.29) is 0 Å². The minimum atomic E-state index is 0.477. The van der Waals surface area contributed by atoms with E-state index in [0.717, 1.165) is 18.4 Å². The van der Waals surface area contributed by atoms with Crippen molar-refractivity contribution in [1.82, 2.24) is 5.32 Å². The smallest absolute Gasteiger partial charge is 0.0666 e. The maximum Gasteiger partial charge on any atom is 0.0666 e. The molecule has 0 aromatic rings. The predicted molar refractivity (Wildman–Crippen MR) is 73.3 cm³/mol. The highest BCUT2D eigenvalue weighted by molar-refractivity contribution is 7.99. The Hall–Kier alpha value is 0.270. The molecule has 3 atom stereocenters. The average Bonchev–Trinajstić information content (AvgIpc) is 2.64. The van der Waals surface area contributed by atoms with E-state index in [1.807, 2.05) is 0 Å².